The van der Waals surface area contributed by atoms with Gasteiger partial charge in [0.25, 0.3) is 0 Å². The van der Waals surface area contributed by atoms with Gasteiger partial charge in [0.1, 0.15) is 23.7 Å². The highest BCUT2D eigenvalue weighted by atomic mass is 16.5. The van der Waals surface area contributed by atoms with Crippen LogP contribution in [0.15, 0.2) is 60.9 Å². The monoisotopic (exact) mass is 764 g/mol. The zero-order valence-corrected chi connectivity index (χ0v) is 32.9. The number of nitrogens with one attached hydrogen (secondary N) is 4. The fourth-order valence-corrected chi connectivity index (χ4v) is 8.67. The largest absolute Gasteiger partial charge is 0.453 e. The van der Waals surface area contributed by atoms with Gasteiger partial charge in [0, 0.05) is 24.3 Å². The number of aromatic nitrogens is 4. The van der Waals surface area contributed by atoms with Gasteiger partial charge in [-0.3, -0.25) is 9.59 Å². The van der Waals surface area contributed by atoms with E-state index in [9.17, 15) is 19.2 Å². The van der Waals surface area contributed by atoms with Crippen molar-refractivity contribution in [3.05, 3.63) is 72.6 Å². The van der Waals surface area contributed by atoms with Crippen molar-refractivity contribution < 1.29 is 28.7 Å². The summed E-state index contributed by atoms with van der Waals surface area (Å²) >= 11 is 0. The SMILES string of the molecule is COC(=O)N[C@H](C(=O)N1CCC[C@H]1c1ncc(-c2ccc(-c3ccc(-c4c[nH]c([C@@H]5C6CCC(C6)N5C(=O)[C@@H](NC(=O)OC)C(C)C)n4)cc3)cc2)[nH]1)C(C)C. The average Bonchev–Trinajstić information content (AvgIpc) is 4.06. The number of hydrogen-bond acceptors (Lipinski definition) is 8. The topological polar surface area (TPSA) is 175 Å². The van der Waals surface area contributed by atoms with E-state index in [-0.39, 0.29) is 41.8 Å². The summed E-state index contributed by atoms with van der Waals surface area (Å²) in [6.07, 6.45) is 7.03. The first-order valence-corrected chi connectivity index (χ1v) is 19.6. The molecule has 14 heteroatoms. The molecule has 14 nitrogen and oxygen atoms in total. The van der Waals surface area contributed by atoms with Crippen molar-refractivity contribution in [2.45, 2.75) is 90.0 Å². The summed E-state index contributed by atoms with van der Waals surface area (Å²) in [7, 11) is 2.59. The number of methoxy groups -OCH3 is 2. The molecule has 2 aromatic carbocycles. The van der Waals surface area contributed by atoms with Crippen LogP contribution >= 0.6 is 0 Å². The highest BCUT2D eigenvalue weighted by molar-refractivity contribution is 5.87. The molecule has 2 unspecified atom stereocenters. The molecule has 2 aromatic heterocycles. The zero-order valence-electron chi connectivity index (χ0n) is 32.9. The predicted molar refractivity (Wildman–Crippen MR) is 210 cm³/mol. The maximum Gasteiger partial charge on any atom is 0.407 e. The van der Waals surface area contributed by atoms with Gasteiger partial charge in [0.05, 0.1) is 43.9 Å². The van der Waals surface area contributed by atoms with E-state index < -0.39 is 24.3 Å². The molecule has 4 aromatic rings. The molecule has 4 N–H and O–H groups in total. The van der Waals surface area contributed by atoms with E-state index in [0.29, 0.717) is 12.5 Å². The van der Waals surface area contributed by atoms with Crippen molar-refractivity contribution in [3.8, 4) is 33.6 Å². The van der Waals surface area contributed by atoms with E-state index >= 15 is 0 Å². The number of fused-ring (bicyclic) bond motifs is 2. The third kappa shape index (κ3) is 7.61. The van der Waals surface area contributed by atoms with E-state index in [4.69, 9.17) is 14.5 Å². The zero-order chi connectivity index (χ0) is 39.7. The number of piperidine rings is 1. The van der Waals surface area contributed by atoms with Gasteiger partial charge < -0.3 is 39.9 Å². The van der Waals surface area contributed by atoms with Crippen molar-refractivity contribution >= 4 is 24.0 Å². The summed E-state index contributed by atoms with van der Waals surface area (Å²) in [6.45, 7) is 8.25. The second-order valence-corrected chi connectivity index (χ2v) is 15.8. The van der Waals surface area contributed by atoms with Crippen LogP contribution in [-0.4, -0.2) is 92.6 Å². The number of alkyl carbamates (subject to hydrolysis) is 2. The van der Waals surface area contributed by atoms with Gasteiger partial charge in [-0.2, -0.15) is 0 Å². The number of carbonyl (C=O) groups excluding carboxylic acids is 4. The predicted octanol–water partition coefficient (Wildman–Crippen LogP) is 6.61. The Hall–Kier alpha value is -5.66. The fraction of sp³-hybridized carbons (Fsp3) is 0.476. The van der Waals surface area contributed by atoms with E-state index in [1.165, 1.54) is 14.2 Å². The van der Waals surface area contributed by atoms with E-state index in [1.54, 1.807) is 6.20 Å². The first kappa shape index (κ1) is 38.6. The molecule has 1 aliphatic carbocycles. The molecule has 1 saturated carbocycles. The van der Waals surface area contributed by atoms with Crippen LogP contribution in [0.5, 0.6) is 0 Å². The van der Waals surface area contributed by atoms with Crippen molar-refractivity contribution in [1.82, 2.24) is 40.4 Å². The van der Waals surface area contributed by atoms with Crippen molar-refractivity contribution in [2.24, 2.45) is 17.8 Å². The second-order valence-electron chi connectivity index (χ2n) is 15.8. The van der Waals surface area contributed by atoms with Crippen LogP contribution < -0.4 is 10.6 Å². The van der Waals surface area contributed by atoms with Crippen LogP contribution in [-0.2, 0) is 19.1 Å². The Bertz CT molecular complexity index is 2040. The molecule has 296 valence electrons. The molecule has 4 heterocycles. The third-order valence-electron chi connectivity index (χ3n) is 11.7. The number of imidazole rings is 2. The smallest absolute Gasteiger partial charge is 0.407 e. The molecular weight excluding hydrogens is 713 g/mol. The van der Waals surface area contributed by atoms with Gasteiger partial charge in [0.2, 0.25) is 11.8 Å². The maximum atomic E-state index is 13.9. The van der Waals surface area contributed by atoms with E-state index in [0.717, 1.165) is 77.4 Å². The number of carbonyl (C=O) groups is 4. The summed E-state index contributed by atoms with van der Waals surface area (Å²) in [5.74, 6) is 1.37. The summed E-state index contributed by atoms with van der Waals surface area (Å²) in [5.41, 5.74) is 5.73. The number of benzene rings is 2. The van der Waals surface area contributed by atoms with Crippen LogP contribution in [0.1, 0.15) is 83.5 Å². The molecule has 6 atom stereocenters. The molecule has 4 amide bonds. The molecule has 2 aliphatic heterocycles. The van der Waals surface area contributed by atoms with Gasteiger partial charge >= 0.3 is 12.2 Å². The molecule has 0 spiro atoms. The van der Waals surface area contributed by atoms with Crippen LogP contribution in [0.25, 0.3) is 33.6 Å². The Kier molecular flexibility index (Phi) is 11.2. The van der Waals surface area contributed by atoms with Crippen molar-refractivity contribution in [2.75, 3.05) is 20.8 Å². The van der Waals surface area contributed by atoms with E-state index in [2.05, 4.69) is 74.1 Å². The molecule has 56 heavy (non-hydrogen) atoms. The molecule has 2 bridgehead atoms. The van der Waals surface area contributed by atoms with Crippen molar-refractivity contribution in [1.29, 1.82) is 0 Å². The summed E-state index contributed by atoms with van der Waals surface area (Å²) < 4.78 is 9.57. The molecular formula is C42H52N8O6. The number of ether oxygens (including phenoxy) is 2. The van der Waals surface area contributed by atoms with Gasteiger partial charge in [-0.15, -0.1) is 0 Å². The normalized spacial score (nSPS) is 21.4. The van der Waals surface area contributed by atoms with Gasteiger partial charge in [-0.05, 0) is 66.5 Å². The number of aromatic amines is 2. The van der Waals surface area contributed by atoms with Crippen LogP contribution in [0.4, 0.5) is 9.59 Å². The van der Waals surface area contributed by atoms with Crippen LogP contribution in [0.3, 0.4) is 0 Å². The first-order chi connectivity index (χ1) is 27.0. The average molecular weight is 765 g/mol. The Morgan fingerprint density at radius 3 is 1.96 bits per heavy atom. The lowest BCUT2D eigenvalue weighted by atomic mass is 9.95. The highest BCUT2D eigenvalue weighted by Gasteiger charge is 2.51. The molecule has 3 fully saturated rings. The minimum absolute atomic E-state index is 0.0949. The maximum absolute atomic E-state index is 13.9. The van der Waals surface area contributed by atoms with Gasteiger partial charge in [-0.1, -0.05) is 76.2 Å². The summed E-state index contributed by atoms with van der Waals surface area (Å²) in [5, 5.41) is 5.45. The number of rotatable bonds is 11. The Morgan fingerprint density at radius 1 is 0.768 bits per heavy atom. The lowest BCUT2D eigenvalue weighted by Gasteiger charge is -2.37. The van der Waals surface area contributed by atoms with Gasteiger partial charge in [-0.25, -0.2) is 19.6 Å². The Labute approximate surface area is 327 Å². The minimum Gasteiger partial charge on any atom is -0.453 e. The van der Waals surface area contributed by atoms with E-state index in [1.807, 2.05) is 43.7 Å². The van der Waals surface area contributed by atoms with Crippen LogP contribution in [0, 0.1) is 17.8 Å². The standard InChI is InChI=1S/C42H52N8O6/c1-23(2)34(47-41(53)55-5)39(51)49-19-7-8-33(49)37-43-21-31(45-37)27-13-9-25(10-14-27)26-11-15-28(16-12-26)32-22-44-38(46-32)36-29-17-18-30(20-29)50(36)40(52)35(24(3)4)48-42(54)56-6/h9-16,21-24,29-30,33-36H,7-8,17-20H2,1-6H3,(H,43,45)(H,44,46)(H,47,53)(H,48,54)/t29?,30?,33-,34-,35-,36-/m0/s1. The molecule has 3 aliphatic rings. The lowest BCUT2D eigenvalue weighted by molar-refractivity contribution is -0.139. The Balaban J connectivity index is 1.02. The lowest BCUT2D eigenvalue weighted by Crippen LogP contribution is -2.54. The highest BCUT2D eigenvalue weighted by Crippen LogP contribution is 2.50. The number of likely N-dealkylation sites (tertiary alicyclic amines) is 2. The quantitative estimate of drug-likeness (QED) is 0.132. The summed E-state index contributed by atoms with van der Waals surface area (Å²) in [6, 6.07) is 14.9. The van der Waals surface area contributed by atoms with Gasteiger partial charge in [0.15, 0.2) is 0 Å². The number of nitrogens with zero attached hydrogens (tertiary/aromatic N) is 4. The Morgan fingerprint density at radius 2 is 1.36 bits per heavy atom. The number of amides is 4. The number of H-pyrrole nitrogens is 2. The fourth-order valence-electron chi connectivity index (χ4n) is 8.67. The minimum atomic E-state index is -0.687. The molecule has 0 radical (unpaired) electrons. The van der Waals surface area contributed by atoms with Crippen LogP contribution in [0.2, 0.25) is 0 Å². The third-order valence-corrected chi connectivity index (χ3v) is 11.7. The summed E-state index contributed by atoms with van der Waals surface area (Å²) in [4.78, 5) is 71.8. The molecule has 7 rings (SSSR count). The number of hydrogen-bond donors (Lipinski definition) is 4. The van der Waals surface area contributed by atoms with Crippen molar-refractivity contribution in [3.63, 3.8) is 0 Å². The second kappa shape index (κ2) is 16.2. The first-order valence-electron chi connectivity index (χ1n) is 19.6. The molecule has 2 saturated heterocycles.